The lowest BCUT2D eigenvalue weighted by Crippen LogP contribution is -2.36. The standard InChI is InChI=1S/C11H24N2O/c1-10(9-12)13-7-8-14-11-5-3-2-4-6-11/h10-11,13H,2-9,12H2,1H3. The first kappa shape index (κ1) is 12.0. The van der Waals surface area contributed by atoms with Gasteiger partial charge in [0.25, 0.3) is 0 Å². The van der Waals surface area contributed by atoms with Crippen molar-refractivity contribution in [3.05, 3.63) is 0 Å². The number of hydrogen-bond donors (Lipinski definition) is 2. The van der Waals surface area contributed by atoms with Gasteiger partial charge >= 0.3 is 0 Å². The summed E-state index contributed by atoms with van der Waals surface area (Å²) in [5, 5.41) is 3.32. The number of rotatable bonds is 6. The second-order valence-corrected chi connectivity index (χ2v) is 4.22. The van der Waals surface area contributed by atoms with Crippen LogP contribution in [0, 0.1) is 0 Å². The molecule has 0 radical (unpaired) electrons. The summed E-state index contributed by atoms with van der Waals surface area (Å²) in [5.41, 5.74) is 5.49. The second-order valence-electron chi connectivity index (χ2n) is 4.22. The van der Waals surface area contributed by atoms with Gasteiger partial charge in [0.05, 0.1) is 12.7 Å². The van der Waals surface area contributed by atoms with Gasteiger partial charge in [-0.25, -0.2) is 0 Å². The van der Waals surface area contributed by atoms with Crippen molar-refractivity contribution in [1.29, 1.82) is 0 Å². The van der Waals surface area contributed by atoms with Gasteiger partial charge in [-0.1, -0.05) is 19.3 Å². The number of ether oxygens (including phenoxy) is 1. The molecule has 1 atom stereocenters. The van der Waals surface area contributed by atoms with Crippen LogP contribution < -0.4 is 11.1 Å². The molecule has 0 aromatic rings. The molecule has 3 nitrogen and oxygen atoms in total. The van der Waals surface area contributed by atoms with Gasteiger partial charge < -0.3 is 15.8 Å². The van der Waals surface area contributed by atoms with E-state index in [1.165, 1.54) is 32.1 Å². The molecule has 1 rings (SSSR count). The lowest BCUT2D eigenvalue weighted by atomic mass is 9.98. The Labute approximate surface area is 87.4 Å². The molecule has 0 aromatic heterocycles. The second kappa shape index (κ2) is 7.21. The quantitative estimate of drug-likeness (QED) is 0.635. The van der Waals surface area contributed by atoms with Crippen LogP contribution >= 0.6 is 0 Å². The molecule has 1 aliphatic rings. The van der Waals surface area contributed by atoms with Crippen LogP contribution in [0.5, 0.6) is 0 Å². The molecule has 0 heterocycles. The first-order chi connectivity index (χ1) is 6.83. The summed E-state index contributed by atoms with van der Waals surface area (Å²) >= 11 is 0. The zero-order chi connectivity index (χ0) is 10.2. The van der Waals surface area contributed by atoms with Crippen LogP contribution in [0.25, 0.3) is 0 Å². The van der Waals surface area contributed by atoms with Gasteiger partial charge in [-0.3, -0.25) is 0 Å². The summed E-state index contributed by atoms with van der Waals surface area (Å²) in [6, 6.07) is 0.407. The molecular formula is C11H24N2O. The van der Waals surface area contributed by atoms with Gasteiger partial charge in [-0.15, -0.1) is 0 Å². The van der Waals surface area contributed by atoms with Gasteiger partial charge in [0.1, 0.15) is 0 Å². The lowest BCUT2D eigenvalue weighted by Gasteiger charge is -2.22. The molecule has 1 fully saturated rings. The molecule has 0 amide bonds. The van der Waals surface area contributed by atoms with E-state index in [1.54, 1.807) is 0 Å². The first-order valence-corrected chi connectivity index (χ1v) is 5.88. The van der Waals surface area contributed by atoms with Gasteiger partial charge in [-0.2, -0.15) is 0 Å². The van der Waals surface area contributed by atoms with E-state index < -0.39 is 0 Å². The van der Waals surface area contributed by atoms with Crippen LogP contribution in [0.4, 0.5) is 0 Å². The Morgan fingerprint density at radius 2 is 2.07 bits per heavy atom. The average molecular weight is 200 g/mol. The van der Waals surface area contributed by atoms with E-state index in [9.17, 15) is 0 Å². The third-order valence-corrected chi connectivity index (χ3v) is 2.85. The zero-order valence-corrected chi connectivity index (χ0v) is 9.30. The molecule has 1 saturated carbocycles. The predicted molar refractivity (Wildman–Crippen MR) is 59.3 cm³/mol. The molecule has 84 valence electrons. The van der Waals surface area contributed by atoms with Crippen molar-refractivity contribution >= 4 is 0 Å². The van der Waals surface area contributed by atoms with Crippen LogP contribution in [0.3, 0.4) is 0 Å². The highest BCUT2D eigenvalue weighted by atomic mass is 16.5. The molecule has 0 aromatic carbocycles. The summed E-state index contributed by atoms with van der Waals surface area (Å²) < 4.78 is 5.77. The Kier molecular flexibility index (Phi) is 6.15. The third kappa shape index (κ3) is 4.94. The SMILES string of the molecule is CC(CN)NCCOC1CCCCC1. The van der Waals surface area contributed by atoms with E-state index in [2.05, 4.69) is 12.2 Å². The minimum absolute atomic E-state index is 0.407. The maximum absolute atomic E-state index is 5.77. The lowest BCUT2D eigenvalue weighted by molar-refractivity contribution is 0.0296. The zero-order valence-electron chi connectivity index (χ0n) is 9.30. The molecule has 0 bridgehead atoms. The molecule has 1 aliphatic carbocycles. The number of nitrogens with one attached hydrogen (secondary N) is 1. The molecular weight excluding hydrogens is 176 g/mol. The van der Waals surface area contributed by atoms with E-state index in [4.69, 9.17) is 10.5 Å². The first-order valence-electron chi connectivity index (χ1n) is 5.88. The molecule has 3 N–H and O–H groups in total. The smallest absolute Gasteiger partial charge is 0.0594 e. The average Bonchev–Trinajstić information content (AvgIpc) is 2.25. The molecule has 0 saturated heterocycles. The van der Waals surface area contributed by atoms with Gasteiger partial charge in [0, 0.05) is 19.1 Å². The fraction of sp³-hybridized carbons (Fsp3) is 1.00. The van der Waals surface area contributed by atoms with Crippen LogP contribution in [0.15, 0.2) is 0 Å². The van der Waals surface area contributed by atoms with Gasteiger partial charge in [0.2, 0.25) is 0 Å². The highest BCUT2D eigenvalue weighted by molar-refractivity contribution is 4.66. The summed E-state index contributed by atoms with van der Waals surface area (Å²) in [6.07, 6.45) is 7.12. The molecule has 0 spiro atoms. The van der Waals surface area contributed by atoms with Crippen LogP contribution in [0.1, 0.15) is 39.0 Å². The molecule has 1 unspecified atom stereocenters. The fourth-order valence-corrected chi connectivity index (χ4v) is 1.85. The van der Waals surface area contributed by atoms with Crippen molar-refractivity contribution in [2.75, 3.05) is 19.7 Å². The van der Waals surface area contributed by atoms with Crippen molar-refractivity contribution in [3.8, 4) is 0 Å². The predicted octanol–water partition coefficient (Wildman–Crippen LogP) is 1.27. The van der Waals surface area contributed by atoms with Crippen molar-refractivity contribution < 1.29 is 4.74 Å². The normalized spacial score (nSPS) is 21.0. The van der Waals surface area contributed by atoms with Crippen molar-refractivity contribution in [2.24, 2.45) is 5.73 Å². The van der Waals surface area contributed by atoms with Gasteiger partial charge in [0.15, 0.2) is 0 Å². The van der Waals surface area contributed by atoms with Gasteiger partial charge in [-0.05, 0) is 19.8 Å². The monoisotopic (exact) mass is 200 g/mol. The van der Waals surface area contributed by atoms with Crippen molar-refractivity contribution in [3.63, 3.8) is 0 Å². The van der Waals surface area contributed by atoms with Crippen molar-refractivity contribution in [2.45, 2.75) is 51.2 Å². The Hall–Kier alpha value is -0.120. The van der Waals surface area contributed by atoms with E-state index in [1.807, 2.05) is 0 Å². The Morgan fingerprint density at radius 3 is 2.71 bits per heavy atom. The Bertz CT molecular complexity index is 135. The summed E-state index contributed by atoms with van der Waals surface area (Å²) in [4.78, 5) is 0. The van der Waals surface area contributed by atoms with E-state index in [0.717, 1.165) is 13.2 Å². The fourth-order valence-electron chi connectivity index (χ4n) is 1.85. The number of hydrogen-bond acceptors (Lipinski definition) is 3. The highest BCUT2D eigenvalue weighted by Gasteiger charge is 2.12. The summed E-state index contributed by atoms with van der Waals surface area (Å²) in [5.74, 6) is 0. The van der Waals surface area contributed by atoms with Crippen LogP contribution in [0.2, 0.25) is 0 Å². The van der Waals surface area contributed by atoms with E-state index in [0.29, 0.717) is 18.7 Å². The Balaban J connectivity index is 1.92. The maximum atomic E-state index is 5.77. The van der Waals surface area contributed by atoms with Crippen molar-refractivity contribution in [1.82, 2.24) is 5.32 Å². The Morgan fingerprint density at radius 1 is 1.36 bits per heavy atom. The van der Waals surface area contributed by atoms with Crippen LogP contribution in [-0.2, 0) is 4.74 Å². The van der Waals surface area contributed by atoms with Crippen LogP contribution in [-0.4, -0.2) is 31.8 Å². The maximum Gasteiger partial charge on any atom is 0.0594 e. The minimum Gasteiger partial charge on any atom is -0.377 e. The molecule has 14 heavy (non-hydrogen) atoms. The largest absolute Gasteiger partial charge is 0.377 e. The van der Waals surface area contributed by atoms with E-state index >= 15 is 0 Å². The third-order valence-electron chi connectivity index (χ3n) is 2.85. The highest BCUT2D eigenvalue weighted by Crippen LogP contribution is 2.19. The minimum atomic E-state index is 0.407. The summed E-state index contributed by atoms with van der Waals surface area (Å²) in [7, 11) is 0. The summed E-state index contributed by atoms with van der Waals surface area (Å²) in [6.45, 7) is 4.55. The number of nitrogens with two attached hydrogens (primary N) is 1. The van der Waals surface area contributed by atoms with E-state index in [-0.39, 0.29) is 0 Å². The molecule has 3 heteroatoms. The topological polar surface area (TPSA) is 47.3 Å². The molecule has 0 aliphatic heterocycles.